The zero-order valence-corrected chi connectivity index (χ0v) is 12.1. The largest absolute Gasteiger partial charge is 0.399 e. The Bertz CT molecular complexity index is 508. The van der Waals surface area contributed by atoms with Crippen LogP contribution in [0, 0.1) is 6.92 Å². The molecule has 0 aliphatic heterocycles. The van der Waals surface area contributed by atoms with E-state index >= 15 is 0 Å². The standard InChI is InChI=1S/C13H15BrN2S/c1-9-2-3-10(4-13(9)15)6-16-7-12-5-11(14)8-17-12/h2-5,8,16H,6-7,15H2,1H3. The molecule has 0 bridgehead atoms. The second-order valence-electron chi connectivity index (χ2n) is 4.03. The van der Waals surface area contributed by atoms with Crippen LogP contribution in [-0.2, 0) is 13.1 Å². The first-order chi connectivity index (χ1) is 8.15. The first kappa shape index (κ1) is 12.6. The van der Waals surface area contributed by atoms with Crippen LogP contribution in [0.3, 0.4) is 0 Å². The van der Waals surface area contributed by atoms with Gasteiger partial charge in [-0.3, -0.25) is 0 Å². The lowest BCUT2D eigenvalue weighted by Crippen LogP contribution is -2.12. The molecular weight excluding hydrogens is 296 g/mol. The van der Waals surface area contributed by atoms with Crippen LogP contribution in [-0.4, -0.2) is 0 Å². The van der Waals surface area contributed by atoms with Crippen LogP contribution in [0.2, 0.25) is 0 Å². The van der Waals surface area contributed by atoms with Gasteiger partial charge in [-0.15, -0.1) is 11.3 Å². The lowest BCUT2D eigenvalue weighted by atomic mass is 10.1. The topological polar surface area (TPSA) is 38.0 Å². The van der Waals surface area contributed by atoms with E-state index in [0.717, 1.165) is 28.8 Å². The summed E-state index contributed by atoms with van der Waals surface area (Å²) < 4.78 is 1.15. The molecule has 1 heterocycles. The summed E-state index contributed by atoms with van der Waals surface area (Å²) in [6.45, 7) is 3.76. The molecule has 2 aromatic rings. The fraction of sp³-hybridized carbons (Fsp3) is 0.231. The minimum atomic E-state index is 0.847. The molecule has 2 rings (SSSR count). The number of hydrogen-bond donors (Lipinski definition) is 2. The highest BCUT2D eigenvalue weighted by atomic mass is 79.9. The van der Waals surface area contributed by atoms with Crippen molar-refractivity contribution in [3.8, 4) is 0 Å². The van der Waals surface area contributed by atoms with Crippen LogP contribution in [0.5, 0.6) is 0 Å². The summed E-state index contributed by atoms with van der Waals surface area (Å²) in [5, 5.41) is 5.51. The monoisotopic (exact) mass is 310 g/mol. The second kappa shape index (κ2) is 5.67. The Kier molecular flexibility index (Phi) is 4.20. The number of halogens is 1. The van der Waals surface area contributed by atoms with Crippen molar-refractivity contribution in [3.63, 3.8) is 0 Å². The maximum Gasteiger partial charge on any atom is 0.0346 e. The van der Waals surface area contributed by atoms with E-state index in [-0.39, 0.29) is 0 Å². The minimum absolute atomic E-state index is 0.847. The van der Waals surface area contributed by atoms with Crippen molar-refractivity contribution in [2.45, 2.75) is 20.0 Å². The zero-order chi connectivity index (χ0) is 12.3. The molecule has 0 aliphatic rings. The molecule has 0 saturated heterocycles. The van der Waals surface area contributed by atoms with Gasteiger partial charge in [0.2, 0.25) is 0 Å². The Morgan fingerprint density at radius 2 is 2.12 bits per heavy atom. The van der Waals surface area contributed by atoms with E-state index in [4.69, 9.17) is 5.73 Å². The molecule has 0 aliphatic carbocycles. The first-order valence-electron chi connectivity index (χ1n) is 5.44. The van der Waals surface area contributed by atoms with Crippen molar-refractivity contribution in [2.75, 3.05) is 5.73 Å². The van der Waals surface area contributed by atoms with Crippen LogP contribution in [0.25, 0.3) is 0 Å². The maximum absolute atomic E-state index is 5.87. The molecule has 0 saturated carbocycles. The molecule has 90 valence electrons. The maximum atomic E-state index is 5.87. The van der Waals surface area contributed by atoms with Gasteiger partial charge < -0.3 is 11.1 Å². The fourth-order valence-electron chi connectivity index (χ4n) is 1.58. The summed E-state index contributed by atoms with van der Waals surface area (Å²) in [5.74, 6) is 0. The van der Waals surface area contributed by atoms with Crippen molar-refractivity contribution in [1.29, 1.82) is 0 Å². The van der Waals surface area contributed by atoms with Crippen LogP contribution in [0.15, 0.2) is 34.1 Å². The summed E-state index contributed by atoms with van der Waals surface area (Å²) in [4.78, 5) is 1.33. The van der Waals surface area contributed by atoms with Crippen LogP contribution >= 0.6 is 27.3 Å². The van der Waals surface area contributed by atoms with Crippen molar-refractivity contribution in [1.82, 2.24) is 5.32 Å². The van der Waals surface area contributed by atoms with E-state index in [0.29, 0.717) is 0 Å². The predicted octanol–water partition coefficient (Wildman–Crippen LogP) is 3.69. The van der Waals surface area contributed by atoms with Crippen LogP contribution in [0.1, 0.15) is 16.0 Å². The third kappa shape index (κ3) is 3.56. The first-order valence-corrected chi connectivity index (χ1v) is 7.11. The average Bonchev–Trinajstić information content (AvgIpc) is 2.70. The van der Waals surface area contributed by atoms with E-state index in [1.807, 2.05) is 13.0 Å². The van der Waals surface area contributed by atoms with Gasteiger partial charge in [0.25, 0.3) is 0 Å². The number of anilines is 1. The summed E-state index contributed by atoms with van der Waals surface area (Å²) in [6.07, 6.45) is 0. The average molecular weight is 311 g/mol. The van der Waals surface area contributed by atoms with Gasteiger partial charge in [0.1, 0.15) is 0 Å². The third-order valence-corrected chi connectivity index (χ3v) is 4.29. The smallest absolute Gasteiger partial charge is 0.0346 e. The van der Waals surface area contributed by atoms with Gasteiger partial charge in [-0.05, 0) is 46.1 Å². The Labute approximate surface area is 114 Å². The summed E-state index contributed by atoms with van der Waals surface area (Å²) in [6, 6.07) is 8.35. The normalized spacial score (nSPS) is 10.7. The third-order valence-electron chi connectivity index (χ3n) is 2.59. The van der Waals surface area contributed by atoms with E-state index in [9.17, 15) is 0 Å². The second-order valence-corrected chi connectivity index (χ2v) is 5.94. The molecule has 0 spiro atoms. The molecule has 0 unspecified atom stereocenters. The number of rotatable bonds is 4. The van der Waals surface area contributed by atoms with Crippen LogP contribution in [0.4, 0.5) is 5.69 Å². The zero-order valence-electron chi connectivity index (χ0n) is 9.66. The highest BCUT2D eigenvalue weighted by Crippen LogP contribution is 2.19. The minimum Gasteiger partial charge on any atom is -0.399 e. The molecular formula is C13H15BrN2S. The highest BCUT2D eigenvalue weighted by Gasteiger charge is 1.99. The molecule has 0 fully saturated rings. The number of aryl methyl sites for hydroxylation is 1. The van der Waals surface area contributed by atoms with Gasteiger partial charge in [0.15, 0.2) is 0 Å². The number of benzene rings is 1. The van der Waals surface area contributed by atoms with Crippen molar-refractivity contribution < 1.29 is 0 Å². The fourth-order valence-corrected chi connectivity index (χ4v) is 3.00. The van der Waals surface area contributed by atoms with Crippen LogP contribution < -0.4 is 11.1 Å². The molecule has 2 nitrogen and oxygen atoms in total. The molecule has 3 N–H and O–H groups in total. The number of nitrogens with two attached hydrogens (primary N) is 1. The quantitative estimate of drug-likeness (QED) is 0.845. The molecule has 1 aromatic heterocycles. The predicted molar refractivity (Wildman–Crippen MR) is 78.2 cm³/mol. The number of nitrogen functional groups attached to an aromatic ring is 1. The van der Waals surface area contributed by atoms with E-state index < -0.39 is 0 Å². The molecule has 17 heavy (non-hydrogen) atoms. The SMILES string of the molecule is Cc1ccc(CNCc2cc(Br)cs2)cc1N. The molecule has 0 amide bonds. The van der Waals surface area contributed by atoms with Gasteiger partial charge in [0.05, 0.1) is 0 Å². The van der Waals surface area contributed by atoms with Gasteiger partial charge in [-0.2, -0.15) is 0 Å². The van der Waals surface area contributed by atoms with Crippen molar-refractivity contribution in [3.05, 3.63) is 50.1 Å². The number of thiophene rings is 1. The molecule has 0 radical (unpaired) electrons. The van der Waals surface area contributed by atoms with Crippen molar-refractivity contribution >= 4 is 33.0 Å². The van der Waals surface area contributed by atoms with E-state index in [1.54, 1.807) is 11.3 Å². The lowest BCUT2D eigenvalue weighted by molar-refractivity contribution is 0.701. The highest BCUT2D eigenvalue weighted by molar-refractivity contribution is 9.10. The summed E-state index contributed by atoms with van der Waals surface area (Å²) in [5.41, 5.74) is 9.10. The number of nitrogens with one attached hydrogen (secondary N) is 1. The summed E-state index contributed by atoms with van der Waals surface area (Å²) >= 11 is 5.21. The summed E-state index contributed by atoms with van der Waals surface area (Å²) in [7, 11) is 0. The molecule has 4 heteroatoms. The Morgan fingerprint density at radius 1 is 1.29 bits per heavy atom. The molecule has 0 atom stereocenters. The Balaban J connectivity index is 1.87. The van der Waals surface area contributed by atoms with Gasteiger partial charge >= 0.3 is 0 Å². The Morgan fingerprint density at radius 3 is 2.76 bits per heavy atom. The van der Waals surface area contributed by atoms with Gasteiger partial charge in [-0.1, -0.05) is 12.1 Å². The van der Waals surface area contributed by atoms with E-state index in [2.05, 4.69) is 44.8 Å². The van der Waals surface area contributed by atoms with Gasteiger partial charge in [0, 0.05) is 33.5 Å². The number of hydrogen-bond acceptors (Lipinski definition) is 3. The lowest BCUT2D eigenvalue weighted by Gasteiger charge is -2.06. The van der Waals surface area contributed by atoms with E-state index in [1.165, 1.54) is 10.4 Å². The molecule has 1 aromatic carbocycles. The van der Waals surface area contributed by atoms with Crippen molar-refractivity contribution in [2.24, 2.45) is 0 Å². The van der Waals surface area contributed by atoms with Gasteiger partial charge in [-0.25, -0.2) is 0 Å². The Hall–Kier alpha value is -0.840.